The highest BCUT2D eigenvalue weighted by molar-refractivity contribution is 5.94. The Hall–Kier alpha value is -4.06. The van der Waals surface area contributed by atoms with Gasteiger partial charge in [-0.3, -0.25) is 4.98 Å². The van der Waals surface area contributed by atoms with Gasteiger partial charge in [-0.15, -0.1) is 0 Å². The van der Waals surface area contributed by atoms with Gasteiger partial charge in [-0.05, 0) is 19.1 Å². The van der Waals surface area contributed by atoms with Crippen molar-refractivity contribution in [1.29, 1.82) is 0 Å². The third-order valence-electron chi connectivity index (χ3n) is 5.70. The third kappa shape index (κ3) is 4.52. The number of aromatic nitrogens is 5. The van der Waals surface area contributed by atoms with Crippen molar-refractivity contribution in [1.82, 2.24) is 24.9 Å². The number of pyridine rings is 1. The van der Waals surface area contributed by atoms with Gasteiger partial charge in [0.15, 0.2) is 0 Å². The van der Waals surface area contributed by atoms with Crippen LogP contribution < -0.4 is 16.0 Å². The molecule has 0 radical (unpaired) electrons. The largest absolute Gasteiger partial charge is 0.418 e. The predicted molar refractivity (Wildman–Crippen MR) is 125 cm³/mol. The normalized spacial score (nSPS) is 14.3. The number of anilines is 4. The number of nitrogen functional groups attached to an aromatic ring is 1. The van der Waals surface area contributed by atoms with Crippen molar-refractivity contribution in [3.63, 3.8) is 0 Å². The Bertz CT molecular complexity index is 1370. The Morgan fingerprint density at radius 1 is 1.03 bits per heavy atom. The molecule has 0 amide bonds. The van der Waals surface area contributed by atoms with E-state index in [9.17, 15) is 13.2 Å². The van der Waals surface area contributed by atoms with E-state index in [1.165, 1.54) is 12.3 Å². The lowest BCUT2D eigenvalue weighted by atomic mass is 10.1. The zero-order chi connectivity index (χ0) is 24.6. The molecule has 0 aliphatic carbocycles. The Kier molecular flexibility index (Phi) is 5.81. The van der Waals surface area contributed by atoms with Crippen LogP contribution in [0.1, 0.15) is 11.1 Å². The molecule has 9 nitrogen and oxygen atoms in total. The Morgan fingerprint density at radius 3 is 2.49 bits per heavy atom. The zero-order valence-electron chi connectivity index (χ0n) is 18.7. The van der Waals surface area contributed by atoms with Crippen LogP contribution in [0.5, 0.6) is 0 Å². The van der Waals surface area contributed by atoms with Crippen molar-refractivity contribution < 1.29 is 17.9 Å². The minimum atomic E-state index is -4.53. The standard InChI is InChI=1S/C23H21F3N8O/c1-13-18(14-11-29-21(27)30-12-14)32-22(33-20(13)34-7-9-35-10-8-34)31-17-5-6-28-19-15(17)3-2-4-16(19)23(24,25)26/h2-6,11-12H,7-10H2,1H3,(H2,27,29,30)(H,28,31,32,33). The highest BCUT2D eigenvalue weighted by Crippen LogP contribution is 2.37. The van der Waals surface area contributed by atoms with Crippen LogP contribution in [-0.2, 0) is 10.9 Å². The number of hydrogen-bond acceptors (Lipinski definition) is 9. The first-order chi connectivity index (χ1) is 16.8. The molecule has 4 heterocycles. The highest BCUT2D eigenvalue weighted by atomic mass is 19.4. The summed E-state index contributed by atoms with van der Waals surface area (Å²) in [5, 5.41) is 3.40. The molecule has 3 aromatic heterocycles. The lowest BCUT2D eigenvalue weighted by molar-refractivity contribution is -0.136. The second kappa shape index (κ2) is 8.95. The van der Waals surface area contributed by atoms with Gasteiger partial charge in [0.05, 0.1) is 35.7 Å². The molecular formula is C23H21F3N8O. The van der Waals surface area contributed by atoms with E-state index in [1.54, 1.807) is 24.5 Å². The van der Waals surface area contributed by atoms with Gasteiger partial charge in [0.25, 0.3) is 0 Å². The van der Waals surface area contributed by atoms with E-state index in [2.05, 4.69) is 30.2 Å². The van der Waals surface area contributed by atoms with E-state index in [4.69, 9.17) is 15.5 Å². The van der Waals surface area contributed by atoms with Gasteiger partial charge >= 0.3 is 6.18 Å². The number of ether oxygens (including phenoxy) is 1. The molecule has 35 heavy (non-hydrogen) atoms. The quantitative estimate of drug-likeness (QED) is 0.446. The van der Waals surface area contributed by atoms with E-state index < -0.39 is 11.7 Å². The lowest BCUT2D eigenvalue weighted by Crippen LogP contribution is -2.37. The first kappa shape index (κ1) is 22.7. The predicted octanol–water partition coefficient (Wildman–Crippen LogP) is 3.97. The van der Waals surface area contributed by atoms with Gasteiger partial charge in [-0.2, -0.15) is 18.2 Å². The van der Waals surface area contributed by atoms with Crippen molar-refractivity contribution in [2.45, 2.75) is 13.1 Å². The van der Waals surface area contributed by atoms with Crippen LogP contribution in [0.4, 0.5) is 36.6 Å². The van der Waals surface area contributed by atoms with Crippen LogP contribution in [0.15, 0.2) is 42.9 Å². The molecule has 3 N–H and O–H groups in total. The van der Waals surface area contributed by atoms with E-state index in [1.807, 2.05) is 6.92 Å². The fraction of sp³-hybridized carbons (Fsp3) is 0.261. The third-order valence-corrected chi connectivity index (χ3v) is 5.70. The zero-order valence-corrected chi connectivity index (χ0v) is 18.7. The monoisotopic (exact) mass is 482 g/mol. The second-order valence-corrected chi connectivity index (χ2v) is 7.96. The molecule has 0 bridgehead atoms. The number of fused-ring (bicyclic) bond motifs is 1. The molecule has 0 spiro atoms. The van der Waals surface area contributed by atoms with E-state index in [-0.39, 0.29) is 17.4 Å². The molecule has 1 aromatic carbocycles. The minimum Gasteiger partial charge on any atom is -0.378 e. The fourth-order valence-corrected chi connectivity index (χ4v) is 4.02. The number of alkyl halides is 3. The van der Waals surface area contributed by atoms with Gasteiger partial charge in [-0.25, -0.2) is 15.0 Å². The number of rotatable bonds is 4. The van der Waals surface area contributed by atoms with Crippen molar-refractivity contribution in [3.8, 4) is 11.3 Å². The van der Waals surface area contributed by atoms with Crippen molar-refractivity contribution >= 4 is 34.3 Å². The maximum absolute atomic E-state index is 13.5. The van der Waals surface area contributed by atoms with Gasteiger partial charge in [0.1, 0.15) is 5.82 Å². The maximum atomic E-state index is 13.5. The van der Waals surface area contributed by atoms with Gasteiger partial charge in [0.2, 0.25) is 11.9 Å². The smallest absolute Gasteiger partial charge is 0.378 e. The van der Waals surface area contributed by atoms with E-state index >= 15 is 0 Å². The van der Waals surface area contributed by atoms with Gasteiger partial charge < -0.3 is 20.7 Å². The summed E-state index contributed by atoms with van der Waals surface area (Å²) >= 11 is 0. The number of nitrogens with one attached hydrogen (secondary N) is 1. The van der Waals surface area contributed by atoms with Crippen LogP contribution in [-0.4, -0.2) is 51.2 Å². The van der Waals surface area contributed by atoms with Gasteiger partial charge in [0, 0.05) is 48.2 Å². The summed E-state index contributed by atoms with van der Waals surface area (Å²) in [6.45, 7) is 4.30. The number of hydrogen-bond donors (Lipinski definition) is 2. The first-order valence-electron chi connectivity index (χ1n) is 10.8. The molecule has 0 atom stereocenters. The number of morpholine rings is 1. The minimum absolute atomic E-state index is 0.135. The van der Waals surface area contributed by atoms with Crippen LogP contribution in [0.2, 0.25) is 0 Å². The maximum Gasteiger partial charge on any atom is 0.418 e. The summed E-state index contributed by atoms with van der Waals surface area (Å²) in [6.07, 6.45) is -0.0625. The molecule has 1 aliphatic rings. The average Bonchev–Trinajstić information content (AvgIpc) is 2.85. The summed E-state index contributed by atoms with van der Waals surface area (Å²) < 4.78 is 46.0. The average molecular weight is 482 g/mol. The summed E-state index contributed by atoms with van der Waals surface area (Å²) in [6, 6.07) is 5.53. The summed E-state index contributed by atoms with van der Waals surface area (Å²) in [5.74, 6) is 1.04. The van der Waals surface area contributed by atoms with E-state index in [0.29, 0.717) is 54.5 Å². The fourth-order valence-electron chi connectivity index (χ4n) is 4.02. The topological polar surface area (TPSA) is 115 Å². The molecule has 1 fully saturated rings. The Balaban J connectivity index is 1.63. The van der Waals surface area contributed by atoms with Crippen LogP contribution in [0.25, 0.3) is 22.2 Å². The first-order valence-corrected chi connectivity index (χ1v) is 10.8. The summed E-state index contributed by atoms with van der Waals surface area (Å²) in [5.41, 5.74) is 7.11. The molecule has 0 saturated carbocycles. The lowest BCUT2D eigenvalue weighted by Gasteiger charge is -2.30. The second-order valence-electron chi connectivity index (χ2n) is 7.96. The van der Waals surface area contributed by atoms with E-state index in [0.717, 1.165) is 11.6 Å². The Labute approximate surface area is 198 Å². The molecule has 12 heteroatoms. The molecule has 0 unspecified atom stereocenters. The summed E-state index contributed by atoms with van der Waals surface area (Å²) in [4.78, 5) is 23.6. The molecular weight excluding hydrogens is 461 g/mol. The van der Waals surface area contributed by atoms with Crippen molar-refractivity contribution in [2.75, 3.05) is 42.3 Å². The van der Waals surface area contributed by atoms with Crippen LogP contribution in [0.3, 0.4) is 0 Å². The SMILES string of the molecule is Cc1c(-c2cnc(N)nc2)nc(Nc2ccnc3c(C(F)(F)F)cccc23)nc1N1CCOCC1. The van der Waals surface area contributed by atoms with Crippen LogP contribution >= 0.6 is 0 Å². The van der Waals surface area contributed by atoms with Crippen LogP contribution in [0, 0.1) is 6.92 Å². The molecule has 5 rings (SSSR count). The highest BCUT2D eigenvalue weighted by Gasteiger charge is 2.33. The Morgan fingerprint density at radius 2 is 1.77 bits per heavy atom. The molecule has 1 aliphatic heterocycles. The molecule has 180 valence electrons. The number of halogens is 3. The van der Waals surface area contributed by atoms with Crippen molar-refractivity contribution in [3.05, 3.63) is 54.0 Å². The molecule has 1 saturated heterocycles. The number of nitrogens with zero attached hydrogens (tertiary/aromatic N) is 6. The van der Waals surface area contributed by atoms with Gasteiger partial charge in [-0.1, -0.05) is 12.1 Å². The number of nitrogens with two attached hydrogens (primary N) is 1. The molecule has 4 aromatic rings. The van der Waals surface area contributed by atoms with Crippen molar-refractivity contribution in [2.24, 2.45) is 0 Å². The number of benzene rings is 1. The number of para-hydroxylation sites is 1. The summed E-state index contributed by atoms with van der Waals surface area (Å²) in [7, 11) is 0.